The smallest absolute Gasteiger partial charge is 0.197 e. The normalized spacial score (nSPS) is 12.7. The molecule has 1 aliphatic carbocycles. The number of hydrogen-bond acceptors (Lipinski definition) is 3. The molecule has 0 bridgehead atoms. The summed E-state index contributed by atoms with van der Waals surface area (Å²) in [5.74, 6) is -0.424. The highest BCUT2D eigenvalue weighted by atomic mass is 16.2. The monoisotopic (exact) mass is 593 g/mol. The number of Topliss-reactive ketones (excluding diaryl/α,β-unsaturated/α-hetero) is 2. The van der Waals surface area contributed by atoms with Crippen LogP contribution in [0.3, 0.4) is 0 Å². The third-order valence-electron chi connectivity index (χ3n) is 9.13. The van der Waals surface area contributed by atoms with Gasteiger partial charge in [0.15, 0.2) is 11.6 Å². The van der Waals surface area contributed by atoms with Crippen molar-refractivity contribution in [3.63, 3.8) is 0 Å². The van der Waals surface area contributed by atoms with Gasteiger partial charge in [0.25, 0.3) is 0 Å². The zero-order chi connectivity index (χ0) is 31.5. The summed E-state index contributed by atoms with van der Waals surface area (Å²) in [6.07, 6.45) is 1.74. The molecular formula is C43H31NO2. The van der Waals surface area contributed by atoms with Crippen LogP contribution in [-0.4, -0.2) is 11.6 Å². The van der Waals surface area contributed by atoms with Gasteiger partial charge in [-0.25, -0.2) is 0 Å². The summed E-state index contributed by atoms with van der Waals surface area (Å²) >= 11 is 0. The van der Waals surface area contributed by atoms with Crippen molar-refractivity contribution in [3.8, 4) is 0 Å². The van der Waals surface area contributed by atoms with Gasteiger partial charge < -0.3 is 4.90 Å². The molecule has 0 aromatic heterocycles. The first kappa shape index (κ1) is 27.7. The molecule has 0 unspecified atom stereocenters. The molecule has 0 heterocycles. The highest BCUT2D eigenvalue weighted by Crippen LogP contribution is 2.41. The second kappa shape index (κ2) is 10.7. The molecule has 8 rings (SSSR count). The van der Waals surface area contributed by atoms with Crippen LogP contribution in [0.2, 0.25) is 0 Å². The number of benzene rings is 7. The van der Waals surface area contributed by atoms with Crippen molar-refractivity contribution in [2.24, 2.45) is 0 Å². The summed E-state index contributed by atoms with van der Waals surface area (Å²) in [7, 11) is 0. The molecule has 0 saturated heterocycles. The fourth-order valence-electron chi connectivity index (χ4n) is 7.04. The standard InChI is InChI=1S/C43H31NO2/c1-26-18-27(2)41(28(3)19-26)44(36-16-14-30-8-4-5-9-31(30)22-36)37-17-15-34-20-29(12-13-35(34)23-37)21-40-42(45)38-24-32-10-6-7-11-33(32)25-39(38)43(40)46/h4-25H,1-3H3. The highest BCUT2D eigenvalue weighted by Gasteiger charge is 2.33. The number of carbonyl (C=O) groups excluding carboxylic acids is 2. The maximum absolute atomic E-state index is 13.4. The number of nitrogens with zero attached hydrogens (tertiary/aromatic N) is 1. The molecule has 0 aliphatic heterocycles. The molecule has 3 nitrogen and oxygen atoms in total. The quantitative estimate of drug-likeness (QED) is 0.150. The van der Waals surface area contributed by atoms with E-state index in [1.54, 1.807) is 6.08 Å². The van der Waals surface area contributed by atoms with E-state index in [9.17, 15) is 9.59 Å². The number of carbonyl (C=O) groups is 2. The fraction of sp³-hybridized carbons (Fsp3) is 0.0698. The number of hydrogen-bond donors (Lipinski definition) is 0. The van der Waals surface area contributed by atoms with Crippen LogP contribution in [0.5, 0.6) is 0 Å². The summed E-state index contributed by atoms with van der Waals surface area (Å²) in [5.41, 5.74) is 9.01. The van der Waals surface area contributed by atoms with Crippen molar-refractivity contribution >= 4 is 67.0 Å². The summed E-state index contributed by atoms with van der Waals surface area (Å²) in [6.45, 7) is 6.49. The van der Waals surface area contributed by atoms with Crippen LogP contribution in [0.25, 0.3) is 38.4 Å². The molecule has 7 aromatic carbocycles. The van der Waals surface area contributed by atoms with Gasteiger partial charge in [0.2, 0.25) is 0 Å². The molecule has 0 radical (unpaired) electrons. The van der Waals surface area contributed by atoms with Crippen LogP contribution in [0.15, 0.2) is 133 Å². The summed E-state index contributed by atoms with van der Waals surface area (Å²) in [4.78, 5) is 29.1. The van der Waals surface area contributed by atoms with Crippen molar-refractivity contribution in [3.05, 3.63) is 166 Å². The Labute approximate surface area is 268 Å². The molecule has 1 aliphatic rings. The van der Waals surface area contributed by atoms with Crippen LogP contribution in [0, 0.1) is 20.8 Å². The Balaban J connectivity index is 1.20. The molecular weight excluding hydrogens is 562 g/mol. The van der Waals surface area contributed by atoms with E-state index in [4.69, 9.17) is 0 Å². The second-order valence-electron chi connectivity index (χ2n) is 12.4. The number of aryl methyl sites for hydroxylation is 3. The Morgan fingerprint density at radius 2 is 0.935 bits per heavy atom. The Morgan fingerprint density at radius 3 is 1.52 bits per heavy atom. The lowest BCUT2D eigenvalue weighted by Gasteiger charge is -2.29. The minimum atomic E-state index is -0.212. The lowest BCUT2D eigenvalue weighted by molar-refractivity contribution is 0.0990. The van der Waals surface area contributed by atoms with Gasteiger partial charge in [-0.15, -0.1) is 0 Å². The van der Waals surface area contributed by atoms with E-state index in [-0.39, 0.29) is 17.1 Å². The predicted octanol–water partition coefficient (Wildman–Crippen LogP) is 11.0. The number of ketones is 2. The average Bonchev–Trinajstić information content (AvgIpc) is 3.28. The minimum Gasteiger partial charge on any atom is -0.310 e. The van der Waals surface area contributed by atoms with Crippen LogP contribution < -0.4 is 4.90 Å². The number of rotatable bonds is 4. The number of fused-ring (bicyclic) bond motifs is 4. The first-order valence-corrected chi connectivity index (χ1v) is 15.6. The Hall–Kier alpha value is -5.80. The topological polar surface area (TPSA) is 37.4 Å². The molecule has 3 heteroatoms. The van der Waals surface area contributed by atoms with E-state index in [1.807, 2.05) is 42.5 Å². The molecule has 0 N–H and O–H groups in total. The van der Waals surface area contributed by atoms with Crippen LogP contribution in [0.1, 0.15) is 43.0 Å². The summed E-state index contributed by atoms with van der Waals surface area (Å²) < 4.78 is 0. The summed E-state index contributed by atoms with van der Waals surface area (Å²) in [5, 5.41) is 6.43. The first-order valence-electron chi connectivity index (χ1n) is 15.6. The molecule has 0 fully saturated rings. The molecule has 0 atom stereocenters. The average molecular weight is 594 g/mol. The third-order valence-corrected chi connectivity index (χ3v) is 9.13. The van der Waals surface area contributed by atoms with E-state index in [0.717, 1.165) is 38.5 Å². The van der Waals surface area contributed by atoms with E-state index in [0.29, 0.717) is 11.1 Å². The molecule has 46 heavy (non-hydrogen) atoms. The largest absolute Gasteiger partial charge is 0.310 e. The zero-order valence-electron chi connectivity index (χ0n) is 26.0. The fourth-order valence-corrected chi connectivity index (χ4v) is 7.04. The van der Waals surface area contributed by atoms with Crippen LogP contribution in [-0.2, 0) is 0 Å². The second-order valence-corrected chi connectivity index (χ2v) is 12.4. The van der Waals surface area contributed by atoms with Gasteiger partial charge in [0.05, 0.1) is 11.3 Å². The molecule has 0 amide bonds. The molecule has 220 valence electrons. The Morgan fingerprint density at radius 1 is 0.478 bits per heavy atom. The number of anilines is 3. The van der Waals surface area contributed by atoms with Crippen molar-refractivity contribution in [1.29, 1.82) is 0 Å². The van der Waals surface area contributed by atoms with Gasteiger partial charge in [-0.3, -0.25) is 9.59 Å². The Kier molecular flexibility index (Phi) is 6.43. The van der Waals surface area contributed by atoms with E-state index in [2.05, 4.69) is 111 Å². The van der Waals surface area contributed by atoms with Gasteiger partial charge in [0.1, 0.15) is 0 Å². The minimum absolute atomic E-state index is 0.212. The van der Waals surface area contributed by atoms with Gasteiger partial charge >= 0.3 is 0 Å². The molecule has 7 aromatic rings. The number of allylic oxidation sites excluding steroid dienone is 1. The van der Waals surface area contributed by atoms with Crippen molar-refractivity contribution < 1.29 is 9.59 Å². The van der Waals surface area contributed by atoms with Crippen LogP contribution >= 0.6 is 0 Å². The highest BCUT2D eigenvalue weighted by molar-refractivity contribution is 6.42. The van der Waals surface area contributed by atoms with E-state index in [1.165, 1.54) is 33.2 Å². The SMILES string of the molecule is Cc1cc(C)c(N(c2ccc3ccccc3c2)c2ccc3cc(C=C4C(=O)c5cc6ccccc6cc5C4=O)ccc3c2)c(C)c1. The van der Waals surface area contributed by atoms with Gasteiger partial charge in [-0.1, -0.05) is 90.5 Å². The third kappa shape index (κ3) is 4.60. The zero-order valence-corrected chi connectivity index (χ0v) is 26.0. The van der Waals surface area contributed by atoms with Gasteiger partial charge in [-0.2, -0.15) is 0 Å². The predicted molar refractivity (Wildman–Crippen MR) is 191 cm³/mol. The van der Waals surface area contributed by atoms with Crippen molar-refractivity contribution in [2.45, 2.75) is 20.8 Å². The van der Waals surface area contributed by atoms with E-state index >= 15 is 0 Å². The first-order chi connectivity index (χ1) is 22.3. The maximum atomic E-state index is 13.4. The summed E-state index contributed by atoms with van der Waals surface area (Å²) in [6, 6.07) is 43.7. The van der Waals surface area contributed by atoms with Crippen molar-refractivity contribution in [2.75, 3.05) is 4.90 Å². The van der Waals surface area contributed by atoms with Crippen LogP contribution in [0.4, 0.5) is 17.1 Å². The van der Waals surface area contributed by atoms with Gasteiger partial charge in [-0.05, 0) is 118 Å². The molecule has 0 spiro atoms. The van der Waals surface area contributed by atoms with Crippen molar-refractivity contribution in [1.82, 2.24) is 0 Å². The Bertz CT molecular complexity index is 2370. The maximum Gasteiger partial charge on any atom is 0.197 e. The van der Waals surface area contributed by atoms with Gasteiger partial charge in [0, 0.05) is 22.5 Å². The lowest BCUT2D eigenvalue weighted by Crippen LogP contribution is -2.13. The van der Waals surface area contributed by atoms with E-state index < -0.39 is 0 Å². The molecule has 0 saturated carbocycles. The lowest BCUT2D eigenvalue weighted by atomic mass is 10.00.